The molecule has 0 fully saturated rings. The molecule has 0 aromatic carbocycles. The second-order valence-corrected chi connectivity index (χ2v) is 5.35. The maximum Gasteiger partial charge on any atom is 0.169 e. The first-order valence-corrected chi connectivity index (χ1v) is 6.95. The van der Waals surface area contributed by atoms with Crippen molar-refractivity contribution in [2.24, 2.45) is 0 Å². The third-order valence-corrected chi connectivity index (χ3v) is 3.00. The molecular weight excluding hydrogens is 266 g/mol. The molecule has 1 unspecified atom stereocenters. The Kier molecular flexibility index (Phi) is 5.44. The van der Waals surface area contributed by atoms with Gasteiger partial charge in [-0.3, -0.25) is 4.21 Å². The quantitative estimate of drug-likeness (QED) is 0.809. The summed E-state index contributed by atoms with van der Waals surface area (Å²) >= 11 is 3.24. The Balaban J connectivity index is 2.07. The van der Waals surface area contributed by atoms with Crippen molar-refractivity contribution in [2.45, 2.75) is 13.0 Å². The molecule has 14 heavy (non-hydrogen) atoms. The van der Waals surface area contributed by atoms with Crippen LogP contribution in [-0.2, 0) is 17.3 Å². The molecule has 1 atom stereocenters. The molecule has 1 aromatic heterocycles. The van der Waals surface area contributed by atoms with Crippen LogP contribution in [0.5, 0.6) is 0 Å². The van der Waals surface area contributed by atoms with E-state index < -0.39 is 10.8 Å². The van der Waals surface area contributed by atoms with E-state index in [1.807, 2.05) is 12.1 Å². The molecule has 3 nitrogen and oxygen atoms in total. The monoisotopic (exact) mass is 279 g/mol. The summed E-state index contributed by atoms with van der Waals surface area (Å²) in [6.07, 6.45) is 2.66. The lowest BCUT2D eigenvalue weighted by Gasteiger charge is -2.00. The highest BCUT2D eigenvalue weighted by atomic mass is 79.9. The second-order valence-electron chi connectivity index (χ2n) is 3.01. The average molecular weight is 280 g/mol. The van der Waals surface area contributed by atoms with E-state index in [4.69, 9.17) is 4.42 Å². The molecule has 1 N–H and O–H groups in total. The zero-order chi connectivity index (χ0) is 10.4. The minimum atomic E-state index is -0.680. The summed E-state index contributed by atoms with van der Waals surface area (Å²) < 4.78 is 16.8. The summed E-state index contributed by atoms with van der Waals surface area (Å²) in [5.74, 6) is 1.67. The molecular formula is C9H14BrNO2S. The van der Waals surface area contributed by atoms with Crippen LogP contribution < -0.4 is 5.32 Å². The summed E-state index contributed by atoms with van der Waals surface area (Å²) in [6, 6.07) is 3.80. The topological polar surface area (TPSA) is 42.2 Å². The van der Waals surface area contributed by atoms with Crippen LogP contribution in [0.15, 0.2) is 21.2 Å². The molecule has 0 bridgehead atoms. The van der Waals surface area contributed by atoms with Gasteiger partial charge in [0.05, 0.1) is 6.54 Å². The smallest absolute Gasteiger partial charge is 0.169 e. The van der Waals surface area contributed by atoms with Gasteiger partial charge in [0.2, 0.25) is 0 Å². The van der Waals surface area contributed by atoms with Crippen molar-refractivity contribution in [3.63, 3.8) is 0 Å². The van der Waals surface area contributed by atoms with E-state index in [2.05, 4.69) is 21.2 Å². The van der Waals surface area contributed by atoms with Gasteiger partial charge in [-0.1, -0.05) is 0 Å². The van der Waals surface area contributed by atoms with Crippen molar-refractivity contribution < 1.29 is 8.63 Å². The lowest BCUT2D eigenvalue weighted by atomic mass is 10.4. The van der Waals surface area contributed by atoms with E-state index in [-0.39, 0.29) is 0 Å². The Morgan fingerprint density at radius 1 is 1.57 bits per heavy atom. The van der Waals surface area contributed by atoms with E-state index in [1.165, 1.54) is 0 Å². The number of hydrogen-bond donors (Lipinski definition) is 1. The number of halogens is 1. The average Bonchev–Trinajstić information content (AvgIpc) is 2.50. The molecule has 0 aliphatic carbocycles. The Labute approximate surface area is 94.8 Å². The van der Waals surface area contributed by atoms with Gasteiger partial charge in [-0.2, -0.15) is 0 Å². The van der Waals surface area contributed by atoms with Crippen LogP contribution in [-0.4, -0.2) is 22.8 Å². The molecule has 0 amide bonds. The zero-order valence-corrected chi connectivity index (χ0v) is 10.5. The van der Waals surface area contributed by atoms with Crippen LogP contribution in [0, 0.1) is 0 Å². The van der Waals surface area contributed by atoms with Crippen LogP contribution in [0.3, 0.4) is 0 Å². The molecule has 0 aliphatic rings. The van der Waals surface area contributed by atoms with E-state index in [0.717, 1.165) is 35.7 Å². The Bertz CT molecular complexity index is 301. The zero-order valence-electron chi connectivity index (χ0n) is 8.09. The summed E-state index contributed by atoms with van der Waals surface area (Å²) in [7, 11) is -0.680. The predicted molar refractivity (Wildman–Crippen MR) is 61.7 cm³/mol. The number of furan rings is 1. The minimum Gasteiger partial charge on any atom is -0.453 e. The molecule has 1 rings (SSSR count). The van der Waals surface area contributed by atoms with Crippen LogP contribution in [0.4, 0.5) is 0 Å². The van der Waals surface area contributed by atoms with Gasteiger partial charge < -0.3 is 9.73 Å². The third kappa shape index (κ3) is 4.93. The molecule has 0 saturated carbocycles. The number of nitrogens with one attached hydrogen (secondary N) is 1. The largest absolute Gasteiger partial charge is 0.453 e. The van der Waals surface area contributed by atoms with Gasteiger partial charge in [0.1, 0.15) is 5.76 Å². The van der Waals surface area contributed by atoms with E-state index in [9.17, 15) is 4.21 Å². The van der Waals surface area contributed by atoms with Crippen molar-refractivity contribution in [2.75, 3.05) is 18.6 Å². The van der Waals surface area contributed by atoms with Gasteiger partial charge in [0.15, 0.2) is 4.67 Å². The molecule has 0 spiro atoms. The lowest BCUT2D eigenvalue weighted by molar-refractivity contribution is 0.466. The molecule has 80 valence electrons. The summed E-state index contributed by atoms with van der Waals surface area (Å²) in [4.78, 5) is 0. The van der Waals surface area contributed by atoms with Crippen LogP contribution >= 0.6 is 15.9 Å². The molecule has 0 saturated heterocycles. The lowest BCUT2D eigenvalue weighted by Crippen LogP contribution is -2.16. The molecule has 0 aliphatic heterocycles. The summed E-state index contributed by atoms with van der Waals surface area (Å²) in [5.41, 5.74) is 0. The van der Waals surface area contributed by atoms with Gasteiger partial charge in [0.25, 0.3) is 0 Å². The molecule has 5 heteroatoms. The van der Waals surface area contributed by atoms with Gasteiger partial charge in [-0.05, 0) is 41.0 Å². The van der Waals surface area contributed by atoms with Crippen LogP contribution in [0.2, 0.25) is 0 Å². The third-order valence-electron chi connectivity index (χ3n) is 1.71. The number of hydrogen-bond acceptors (Lipinski definition) is 3. The maximum absolute atomic E-state index is 10.7. The minimum absolute atomic E-state index is 0.680. The fourth-order valence-corrected chi connectivity index (χ4v) is 1.95. The van der Waals surface area contributed by atoms with Gasteiger partial charge in [-0.15, -0.1) is 0 Å². The Morgan fingerprint density at radius 2 is 2.36 bits per heavy atom. The normalized spacial score (nSPS) is 13.0. The fraction of sp³-hybridized carbons (Fsp3) is 0.556. The molecule has 0 radical (unpaired) electrons. The summed E-state index contributed by atoms with van der Waals surface area (Å²) in [6.45, 7) is 1.60. The van der Waals surface area contributed by atoms with Gasteiger partial charge >= 0.3 is 0 Å². The highest BCUT2D eigenvalue weighted by Crippen LogP contribution is 2.13. The SMILES string of the molecule is CS(=O)CCCNCc1ccc(Br)o1. The van der Waals surface area contributed by atoms with E-state index in [0.29, 0.717) is 0 Å². The first-order valence-electron chi connectivity index (χ1n) is 4.43. The van der Waals surface area contributed by atoms with Gasteiger partial charge in [0, 0.05) is 22.8 Å². The fourth-order valence-electron chi connectivity index (χ4n) is 1.06. The van der Waals surface area contributed by atoms with E-state index >= 15 is 0 Å². The molecule has 1 aromatic rings. The van der Waals surface area contributed by atoms with Crippen molar-refractivity contribution >= 4 is 26.7 Å². The van der Waals surface area contributed by atoms with Crippen molar-refractivity contribution in [1.82, 2.24) is 5.32 Å². The Hall–Kier alpha value is -0.130. The molecule has 1 heterocycles. The Morgan fingerprint density at radius 3 is 2.93 bits per heavy atom. The standard InChI is InChI=1S/C9H14BrNO2S/c1-14(12)6-2-5-11-7-8-3-4-9(10)13-8/h3-4,11H,2,5-7H2,1H3. The summed E-state index contributed by atoms with van der Waals surface area (Å²) in [5, 5.41) is 3.22. The predicted octanol–water partition coefficient (Wildman–Crippen LogP) is 1.90. The van der Waals surface area contributed by atoms with Crippen LogP contribution in [0.25, 0.3) is 0 Å². The van der Waals surface area contributed by atoms with Gasteiger partial charge in [-0.25, -0.2) is 0 Å². The highest BCUT2D eigenvalue weighted by Gasteiger charge is 1.98. The van der Waals surface area contributed by atoms with Crippen molar-refractivity contribution in [1.29, 1.82) is 0 Å². The highest BCUT2D eigenvalue weighted by molar-refractivity contribution is 9.10. The maximum atomic E-state index is 10.7. The second kappa shape index (κ2) is 6.37. The van der Waals surface area contributed by atoms with E-state index in [1.54, 1.807) is 6.26 Å². The number of rotatable bonds is 6. The first-order chi connectivity index (χ1) is 6.68. The van der Waals surface area contributed by atoms with Crippen LogP contribution in [0.1, 0.15) is 12.2 Å². The first kappa shape index (κ1) is 11.9. The van der Waals surface area contributed by atoms with Crippen molar-refractivity contribution in [3.05, 3.63) is 22.6 Å². The van der Waals surface area contributed by atoms with Crippen molar-refractivity contribution in [3.8, 4) is 0 Å².